The van der Waals surface area contributed by atoms with Gasteiger partial charge in [-0.3, -0.25) is 0 Å². The van der Waals surface area contributed by atoms with Gasteiger partial charge < -0.3 is 5.73 Å². The summed E-state index contributed by atoms with van der Waals surface area (Å²) >= 11 is 0. The molecule has 3 unspecified atom stereocenters. The van der Waals surface area contributed by atoms with Crippen LogP contribution in [0.2, 0.25) is 0 Å². The van der Waals surface area contributed by atoms with Gasteiger partial charge in [-0.2, -0.15) is 34.6 Å². The number of nitrogens with one attached hydrogen (secondary N) is 1. The second-order valence-corrected chi connectivity index (χ2v) is 17.0. The van der Waals surface area contributed by atoms with Crippen LogP contribution in [0.5, 0.6) is 0 Å². The smallest absolute Gasteiger partial charge is 0.321 e. The molecule has 4 aromatic carbocycles. The first-order valence-corrected chi connectivity index (χ1v) is 20.6. The Labute approximate surface area is 311 Å². The highest BCUT2D eigenvalue weighted by Gasteiger charge is 2.23. The average molecular weight is 744 g/mol. The third-order valence-corrected chi connectivity index (χ3v) is 11.9. The fourth-order valence-electron chi connectivity index (χ4n) is 5.89. The number of allylic oxidation sites excluding steroid dienone is 1. The van der Waals surface area contributed by atoms with Gasteiger partial charge in [0.1, 0.15) is 0 Å². The van der Waals surface area contributed by atoms with E-state index in [2.05, 4.69) is 39.5 Å². The van der Waals surface area contributed by atoms with Gasteiger partial charge in [0.15, 0.2) is 0 Å². The van der Waals surface area contributed by atoms with Crippen molar-refractivity contribution < 1.29 is 16.8 Å². The van der Waals surface area contributed by atoms with Crippen molar-refractivity contribution in [2.45, 2.75) is 57.0 Å². The molecule has 11 heteroatoms. The van der Waals surface area contributed by atoms with E-state index in [-0.39, 0.29) is 24.9 Å². The first-order valence-electron chi connectivity index (χ1n) is 17.7. The van der Waals surface area contributed by atoms with Gasteiger partial charge >= 0.3 is 10.2 Å². The molecule has 0 spiro atoms. The Morgan fingerprint density at radius 3 is 1.67 bits per heavy atom. The zero-order valence-corrected chi connectivity index (χ0v) is 32.1. The van der Waals surface area contributed by atoms with Gasteiger partial charge in [-0.05, 0) is 66.7 Å². The topological polar surface area (TPSA) is 125 Å². The minimum Gasteiger partial charge on any atom is -0.324 e. The van der Waals surface area contributed by atoms with Gasteiger partial charge in [0, 0.05) is 51.9 Å². The molecule has 0 saturated heterocycles. The highest BCUT2D eigenvalue weighted by atomic mass is 32.2. The van der Waals surface area contributed by atoms with Crippen molar-refractivity contribution in [3.8, 4) is 0 Å². The molecule has 0 aliphatic rings. The van der Waals surface area contributed by atoms with Crippen LogP contribution < -0.4 is 10.5 Å². The lowest BCUT2D eigenvalue weighted by molar-refractivity contribution is 0.430. The van der Waals surface area contributed by atoms with Crippen molar-refractivity contribution >= 4 is 26.1 Å². The Bertz CT molecular complexity index is 1910. The summed E-state index contributed by atoms with van der Waals surface area (Å²) in [6, 6.07) is 38.9. The van der Waals surface area contributed by atoms with E-state index in [0.717, 1.165) is 33.0 Å². The summed E-state index contributed by atoms with van der Waals surface area (Å²) < 4.78 is 63.0. The molecular formula is C41H53N5O4S2. The summed E-state index contributed by atoms with van der Waals surface area (Å²) in [4.78, 5) is 0. The molecule has 0 saturated carbocycles. The highest BCUT2D eigenvalue weighted by molar-refractivity contribution is 7.88. The molecule has 52 heavy (non-hydrogen) atoms. The number of rotatable bonds is 21. The van der Waals surface area contributed by atoms with Gasteiger partial charge in [0.25, 0.3) is 10.2 Å². The molecule has 0 bridgehead atoms. The quantitative estimate of drug-likeness (QED) is 0.0800. The standard InChI is InChI=1S/C41H53N5O4S2/c1-45(2)51(47,48)43-40(32-36-20-12-6-13-21-36)26-27-41(33-37-22-14-7-15-23-37)44-52(49,50)46(3)29-28-38(30-34-16-8-4-9-17-34)24-25-39(42)31-35-18-10-5-11-19-35/h4-25,38-40,43H,26-33,42H2,1-3H3. The molecule has 0 amide bonds. The molecule has 0 aromatic heterocycles. The van der Waals surface area contributed by atoms with Crippen LogP contribution >= 0.6 is 0 Å². The van der Waals surface area contributed by atoms with E-state index in [9.17, 15) is 16.8 Å². The maximum atomic E-state index is 13.8. The zero-order chi connectivity index (χ0) is 37.4. The van der Waals surface area contributed by atoms with Crippen LogP contribution in [0.3, 0.4) is 0 Å². The summed E-state index contributed by atoms with van der Waals surface area (Å²) in [5, 5.41) is 0. The van der Waals surface area contributed by atoms with Crippen molar-refractivity contribution in [1.82, 2.24) is 13.3 Å². The van der Waals surface area contributed by atoms with E-state index in [1.54, 1.807) is 7.05 Å². The van der Waals surface area contributed by atoms with Crippen molar-refractivity contribution in [2.75, 3.05) is 27.7 Å². The van der Waals surface area contributed by atoms with E-state index in [1.807, 2.05) is 103 Å². The molecule has 0 heterocycles. The van der Waals surface area contributed by atoms with E-state index in [0.29, 0.717) is 37.8 Å². The first kappa shape index (κ1) is 40.8. The molecule has 0 fully saturated rings. The Hall–Kier alpha value is -3.97. The first-order chi connectivity index (χ1) is 24.9. The fourth-order valence-corrected chi connectivity index (χ4v) is 7.68. The van der Waals surface area contributed by atoms with Crippen LogP contribution in [0.25, 0.3) is 0 Å². The highest BCUT2D eigenvalue weighted by Crippen LogP contribution is 2.18. The number of hydrogen-bond donors (Lipinski definition) is 2. The normalized spacial score (nSPS) is 14.5. The van der Waals surface area contributed by atoms with Crippen molar-refractivity contribution in [3.05, 3.63) is 156 Å². The van der Waals surface area contributed by atoms with Gasteiger partial charge in [0.05, 0.1) is 0 Å². The van der Waals surface area contributed by atoms with Gasteiger partial charge in [0.2, 0.25) is 0 Å². The summed E-state index contributed by atoms with van der Waals surface area (Å²) in [7, 11) is -3.27. The number of hydrogen-bond acceptors (Lipinski definition) is 5. The number of benzene rings is 4. The zero-order valence-electron chi connectivity index (χ0n) is 30.5. The molecule has 3 atom stereocenters. The third kappa shape index (κ3) is 14.2. The predicted molar refractivity (Wildman–Crippen MR) is 214 cm³/mol. The molecule has 3 N–H and O–H groups in total. The van der Waals surface area contributed by atoms with E-state index >= 15 is 0 Å². The lowest BCUT2D eigenvalue weighted by Crippen LogP contribution is -2.43. The van der Waals surface area contributed by atoms with E-state index < -0.39 is 26.5 Å². The average Bonchev–Trinajstić information content (AvgIpc) is 3.13. The Balaban J connectivity index is 1.51. The van der Waals surface area contributed by atoms with E-state index in [4.69, 9.17) is 5.73 Å². The lowest BCUT2D eigenvalue weighted by atomic mass is 9.94. The van der Waals surface area contributed by atoms with Crippen LogP contribution in [0, 0.1) is 5.92 Å². The minimum atomic E-state index is -4.05. The summed E-state index contributed by atoms with van der Waals surface area (Å²) in [6.45, 7) is 0.263. The number of nitrogens with zero attached hydrogens (tertiary/aromatic N) is 3. The molecule has 278 valence electrons. The second-order valence-electron chi connectivity index (χ2n) is 13.4. The molecule has 0 aliphatic carbocycles. The monoisotopic (exact) mass is 743 g/mol. The largest absolute Gasteiger partial charge is 0.324 e. The maximum Gasteiger partial charge on any atom is 0.321 e. The van der Waals surface area contributed by atoms with Crippen molar-refractivity contribution in [2.24, 2.45) is 16.0 Å². The van der Waals surface area contributed by atoms with Gasteiger partial charge in [-0.15, -0.1) is 0 Å². The van der Waals surface area contributed by atoms with Gasteiger partial charge in [-0.25, -0.2) is 0 Å². The van der Waals surface area contributed by atoms with Crippen LogP contribution in [0.1, 0.15) is 41.5 Å². The van der Waals surface area contributed by atoms with Crippen LogP contribution in [-0.2, 0) is 46.1 Å². The third-order valence-electron chi connectivity index (χ3n) is 8.89. The van der Waals surface area contributed by atoms with Crippen LogP contribution in [-0.4, -0.2) is 70.9 Å². The number of nitrogens with two attached hydrogens (primary N) is 1. The summed E-state index contributed by atoms with van der Waals surface area (Å²) in [5.74, 6) is 0.0538. The Morgan fingerprint density at radius 2 is 1.15 bits per heavy atom. The molecule has 4 aromatic rings. The SMILES string of the molecule is CN(CCC(C=CC(N)Cc1ccccc1)Cc1ccccc1)S(=O)(=O)N=C(CCC(Cc1ccccc1)NS(=O)(=O)N(C)C)Cc1ccccc1. The Kier molecular flexibility index (Phi) is 15.9. The summed E-state index contributed by atoms with van der Waals surface area (Å²) in [5.41, 5.74) is 11.2. The van der Waals surface area contributed by atoms with Gasteiger partial charge in [-0.1, -0.05) is 133 Å². The van der Waals surface area contributed by atoms with Crippen LogP contribution in [0.15, 0.2) is 138 Å². The maximum absolute atomic E-state index is 13.8. The molecular weight excluding hydrogens is 691 g/mol. The van der Waals surface area contributed by atoms with Crippen molar-refractivity contribution in [3.63, 3.8) is 0 Å². The molecule has 0 aliphatic heterocycles. The summed E-state index contributed by atoms with van der Waals surface area (Å²) in [6.07, 6.45) is 7.61. The van der Waals surface area contributed by atoms with E-state index in [1.165, 1.54) is 18.4 Å². The van der Waals surface area contributed by atoms with Crippen molar-refractivity contribution in [1.29, 1.82) is 0 Å². The van der Waals surface area contributed by atoms with Crippen LogP contribution in [0.4, 0.5) is 0 Å². The predicted octanol–water partition coefficient (Wildman–Crippen LogP) is 6.01. The fraction of sp³-hybridized carbons (Fsp3) is 0.341. The minimum absolute atomic E-state index is 0.0538. The molecule has 9 nitrogen and oxygen atoms in total. The second kappa shape index (κ2) is 20.3. The molecule has 0 radical (unpaired) electrons. The molecule has 4 rings (SSSR count). The lowest BCUT2D eigenvalue weighted by Gasteiger charge is -2.22. The Morgan fingerprint density at radius 1 is 0.673 bits per heavy atom.